The summed E-state index contributed by atoms with van der Waals surface area (Å²) in [5.41, 5.74) is 6.39. The first-order valence-corrected chi connectivity index (χ1v) is 15.5. The van der Waals surface area contributed by atoms with Gasteiger partial charge in [-0.3, -0.25) is 0 Å². The van der Waals surface area contributed by atoms with Crippen molar-refractivity contribution in [2.75, 3.05) is 0 Å². The molecule has 0 saturated heterocycles. The number of rotatable bonds is 4. The summed E-state index contributed by atoms with van der Waals surface area (Å²) >= 11 is 6.67. The number of para-hydroxylation sites is 1. The van der Waals surface area contributed by atoms with Crippen molar-refractivity contribution in [1.29, 1.82) is 0 Å². The van der Waals surface area contributed by atoms with Crippen LogP contribution in [0.4, 0.5) is 0 Å². The molecule has 0 amide bonds. The minimum absolute atomic E-state index is 0.533. The van der Waals surface area contributed by atoms with Crippen LogP contribution in [-0.4, -0.2) is 15.0 Å². The Morgan fingerprint density at radius 2 is 1.04 bits per heavy atom. The number of nitrogens with zero attached hydrogens (tertiary/aromatic N) is 3. The van der Waals surface area contributed by atoms with Gasteiger partial charge in [0.2, 0.25) is 0 Å². The number of hydrogen-bond acceptors (Lipinski definition) is 4. The zero-order valence-electron chi connectivity index (χ0n) is 24.5. The van der Waals surface area contributed by atoms with Gasteiger partial charge in [0.05, 0.1) is 0 Å². The van der Waals surface area contributed by atoms with Crippen LogP contribution in [0.2, 0.25) is 5.02 Å². The standard InChI is InChI=1S/C41H24ClN3O/c42-31-23-35(38-34-13-5-6-15-36(34)46-37(38)24-31)41-44-39(43-40(45-41)30-21-16-25-8-1-2-10-29(25)22-30)28-19-17-27(18-20-28)33-14-7-11-26-9-3-4-12-32(26)33/h1-24H. The predicted molar refractivity (Wildman–Crippen MR) is 189 cm³/mol. The number of aromatic nitrogens is 3. The van der Waals surface area contributed by atoms with Crippen LogP contribution in [0, 0.1) is 0 Å². The van der Waals surface area contributed by atoms with E-state index in [4.69, 9.17) is 31.0 Å². The Balaban J connectivity index is 1.25. The van der Waals surface area contributed by atoms with Crippen LogP contribution in [0.1, 0.15) is 0 Å². The minimum Gasteiger partial charge on any atom is -0.456 e. The summed E-state index contributed by atoms with van der Waals surface area (Å²) in [7, 11) is 0. The van der Waals surface area contributed by atoms with Gasteiger partial charge in [-0.25, -0.2) is 15.0 Å². The van der Waals surface area contributed by atoms with Crippen LogP contribution in [-0.2, 0) is 0 Å². The van der Waals surface area contributed by atoms with E-state index in [1.807, 2.05) is 42.5 Å². The normalized spacial score (nSPS) is 11.6. The molecule has 0 radical (unpaired) electrons. The molecule has 0 aliphatic carbocycles. The quantitative estimate of drug-likeness (QED) is 0.199. The Labute approximate surface area is 269 Å². The summed E-state index contributed by atoms with van der Waals surface area (Å²) in [5, 5.41) is 7.17. The van der Waals surface area contributed by atoms with Crippen LogP contribution < -0.4 is 0 Å². The molecule has 0 unspecified atom stereocenters. The monoisotopic (exact) mass is 609 g/mol. The molecule has 0 N–H and O–H groups in total. The third-order valence-electron chi connectivity index (χ3n) is 8.57. The van der Waals surface area contributed by atoms with Gasteiger partial charge in [0.15, 0.2) is 17.5 Å². The SMILES string of the molecule is Clc1cc(-c2nc(-c3ccc(-c4cccc5ccccc45)cc3)nc(-c3ccc4ccccc4c3)n2)c2c(c1)oc1ccccc12. The van der Waals surface area contributed by atoms with Crippen molar-refractivity contribution in [3.8, 4) is 45.3 Å². The maximum atomic E-state index is 6.67. The van der Waals surface area contributed by atoms with Gasteiger partial charge in [-0.05, 0) is 50.9 Å². The Morgan fingerprint density at radius 1 is 0.413 bits per heavy atom. The molecule has 46 heavy (non-hydrogen) atoms. The van der Waals surface area contributed by atoms with Crippen LogP contribution in [0.15, 0.2) is 150 Å². The fourth-order valence-electron chi connectivity index (χ4n) is 6.36. The molecule has 0 aliphatic rings. The van der Waals surface area contributed by atoms with E-state index in [1.54, 1.807) is 0 Å². The van der Waals surface area contributed by atoms with Gasteiger partial charge < -0.3 is 4.42 Å². The van der Waals surface area contributed by atoms with E-state index in [2.05, 4.69) is 103 Å². The molecular formula is C41H24ClN3O. The predicted octanol–water partition coefficient (Wildman–Crippen LogP) is 11.4. The molecule has 0 atom stereocenters. The molecule has 9 rings (SSSR count). The molecule has 4 nitrogen and oxygen atoms in total. The van der Waals surface area contributed by atoms with Gasteiger partial charge in [-0.15, -0.1) is 0 Å². The minimum atomic E-state index is 0.533. The fraction of sp³-hybridized carbons (Fsp3) is 0. The third-order valence-corrected chi connectivity index (χ3v) is 8.79. The number of hydrogen-bond donors (Lipinski definition) is 0. The lowest BCUT2D eigenvalue weighted by molar-refractivity contribution is 0.669. The van der Waals surface area contributed by atoms with E-state index in [0.717, 1.165) is 49.4 Å². The summed E-state index contributed by atoms with van der Waals surface area (Å²) in [6.07, 6.45) is 0. The van der Waals surface area contributed by atoms with Crippen molar-refractivity contribution in [3.63, 3.8) is 0 Å². The van der Waals surface area contributed by atoms with Crippen molar-refractivity contribution >= 4 is 55.1 Å². The molecule has 216 valence electrons. The molecule has 0 fully saturated rings. The van der Waals surface area contributed by atoms with Crippen molar-refractivity contribution in [3.05, 3.63) is 151 Å². The topological polar surface area (TPSA) is 51.8 Å². The first-order valence-electron chi connectivity index (χ1n) is 15.1. The Morgan fingerprint density at radius 3 is 1.89 bits per heavy atom. The highest BCUT2D eigenvalue weighted by Crippen LogP contribution is 2.39. The average Bonchev–Trinajstić information content (AvgIpc) is 3.49. The highest BCUT2D eigenvalue weighted by atomic mass is 35.5. The Bertz CT molecular complexity index is 2600. The smallest absolute Gasteiger partial charge is 0.164 e. The molecule has 0 spiro atoms. The van der Waals surface area contributed by atoms with Crippen LogP contribution >= 0.6 is 11.6 Å². The third kappa shape index (κ3) is 4.50. The van der Waals surface area contributed by atoms with Gasteiger partial charge in [0.1, 0.15) is 11.2 Å². The van der Waals surface area contributed by atoms with E-state index >= 15 is 0 Å². The van der Waals surface area contributed by atoms with Crippen LogP contribution in [0.3, 0.4) is 0 Å². The number of benzene rings is 7. The first-order chi connectivity index (χ1) is 22.7. The highest BCUT2D eigenvalue weighted by Gasteiger charge is 2.19. The molecule has 7 aromatic carbocycles. The molecule has 0 aliphatic heterocycles. The molecule has 2 aromatic heterocycles. The molecular weight excluding hydrogens is 586 g/mol. The maximum Gasteiger partial charge on any atom is 0.164 e. The van der Waals surface area contributed by atoms with Gasteiger partial charge in [-0.2, -0.15) is 0 Å². The molecule has 0 saturated carbocycles. The Kier molecular flexibility index (Phi) is 6.15. The summed E-state index contributed by atoms with van der Waals surface area (Å²) in [6.45, 7) is 0. The van der Waals surface area contributed by atoms with E-state index < -0.39 is 0 Å². The second-order valence-electron chi connectivity index (χ2n) is 11.4. The molecule has 0 bridgehead atoms. The fourth-order valence-corrected chi connectivity index (χ4v) is 6.56. The summed E-state index contributed by atoms with van der Waals surface area (Å²) in [5.74, 6) is 1.70. The molecule has 2 heterocycles. The lowest BCUT2D eigenvalue weighted by atomic mass is 9.97. The van der Waals surface area contributed by atoms with Gasteiger partial charge >= 0.3 is 0 Å². The second kappa shape index (κ2) is 10.7. The zero-order chi connectivity index (χ0) is 30.6. The van der Waals surface area contributed by atoms with Crippen molar-refractivity contribution in [1.82, 2.24) is 15.0 Å². The van der Waals surface area contributed by atoms with Crippen LogP contribution in [0.5, 0.6) is 0 Å². The lowest BCUT2D eigenvalue weighted by Gasteiger charge is -2.11. The van der Waals surface area contributed by atoms with Crippen molar-refractivity contribution < 1.29 is 4.42 Å². The summed E-state index contributed by atoms with van der Waals surface area (Å²) in [4.78, 5) is 15.2. The van der Waals surface area contributed by atoms with E-state index in [-0.39, 0.29) is 0 Å². The lowest BCUT2D eigenvalue weighted by Crippen LogP contribution is -2.00. The largest absolute Gasteiger partial charge is 0.456 e. The summed E-state index contributed by atoms with van der Waals surface area (Å²) < 4.78 is 6.20. The number of fused-ring (bicyclic) bond motifs is 5. The first kappa shape index (κ1) is 26.6. The molecule has 5 heteroatoms. The van der Waals surface area contributed by atoms with Crippen molar-refractivity contribution in [2.45, 2.75) is 0 Å². The van der Waals surface area contributed by atoms with Crippen LogP contribution in [0.25, 0.3) is 88.8 Å². The molecule has 9 aromatic rings. The second-order valence-corrected chi connectivity index (χ2v) is 11.8. The maximum absolute atomic E-state index is 6.67. The van der Waals surface area contributed by atoms with Gasteiger partial charge in [-0.1, -0.05) is 133 Å². The van der Waals surface area contributed by atoms with Crippen molar-refractivity contribution in [2.24, 2.45) is 0 Å². The van der Waals surface area contributed by atoms with Gasteiger partial charge in [0, 0.05) is 38.6 Å². The number of furan rings is 1. The number of halogens is 1. The summed E-state index contributed by atoms with van der Waals surface area (Å²) in [6, 6.07) is 49.6. The zero-order valence-corrected chi connectivity index (χ0v) is 25.2. The Hall–Kier alpha value is -5.84. The average molecular weight is 610 g/mol. The van der Waals surface area contributed by atoms with E-state index in [9.17, 15) is 0 Å². The van der Waals surface area contributed by atoms with E-state index in [1.165, 1.54) is 16.3 Å². The van der Waals surface area contributed by atoms with E-state index in [0.29, 0.717) is 28.1 Å². The highest BCUT2D eigenvalue weighted by molar-refractivity contribution is 6.32. The van der Waals surface area contributed by atoms with Gasteiger partial charge in [0.25, 0.3) is 0 Å².